The van der Waals surface area contributed by atoms with Gasteiger partial charge in [-0.3, -0.25) is 0 Å². The Kier molecular flexibility index (Phi) is 6.41. The highest BCUT2D eigenvalue weighted by Crippen LogP contribution is 2.21. The zero-order valence-electron chi connectivity index (χ0n) is 14.0. The van der Waals surface area contributed by atoms with Gasteiger partial charge in [0, 0.05) is 19.3 Å². The quantitative estimate of drug-likeness (QED) is 0.874. The Hall–Kier alpha value is -1.56. The van der Waals surface area contributed by atoms with Crippen LogP contribution < -0.4 is 5.32 Å². The van der Waals surface area contributed by atoms with Gasteiger partial charge in [0.1, 0.15) is 0 Å². The van der Waals surface area contributed by atoms with Crippen molar-refractivity contribution in [2.75, 3.05) is 13.3 Å². The Morgan fingerprint density at radius 2 is 1.68 bits per heavy atom. The lowest BCUT2D eigenvalue weighted by molar-refractivity contribution is 0.189. The molecule has 0 bridgehead atoms. The number of hydrogen-bond donors (Lipinski definition) is 1. The zero-order valence-corrected chi connectivity index (χ0v) is 14.8. The fourth-order valence-electron chi connectivity index (χ4n) is 2.16. The van der Waals surface area contributed by atoms with Gasteiger partial charge in [0.25, 0.3) is 0 Å². The van der Waals surface area contributed by atoms with Crippen molar-refractivity contribution in [2.45, 2.75) is 50.6 Å². The summed E-state index contributed by atoms with van der Waals surface area (Å²) in [7, 11) is -1.45. The molecule has 2 amide bonds. The molecule has 0 aromatic heterocycles. The van der Waals surface area contributed by atoms with E-state index < -0.39 is 9.84 Å². The molecule has 0 aliphatic heterocycles. The average molecular weight is 326 g/mol. The highest BCUT2D eigenvalue weighted by molar-refractivity contribution is 7.90. The van der Waals surface area contributed by atoms with Crippen molar-refractivity contribution in [3.63, 3.8) is 0 Å². The second-order valence-corrected chi connectivity index (χ2v) is 7.61. The molecule has 0 saturated carbocycles. The number of rotatable bonds is 6. The second kappa shape index (κ2) is 7.63. The molecule has 124 valence electrons. The Morgan fingerprint density at radius 3 is 2.09 bits per heavy atom. The minimum Gasteiger partial charge on any atom is -0.335 e. The van der Waals surface area contributed by atoms with Crippen LogP contribution in [0.15, 0.2) is 29.2 Å². The number of amides is 2. The maximum Gasteiger partial charge on any atom is 0.317 e. The van der Waals surface area contributed by atoms with Gasteiger partial charge in [-0.15, -0.1) is 0 Å². The Bertz CT molecular complexity index is 592. The monoisotopic (exact) mass is 326 g/mol. The van der Waals surface area contributed by atoms with Gasteiger partial charge >= 0.3 is 6.03 Å². The Labute approximate surface area is 133 Å². The number of nitrogens with one attached hydrogen (secondary N) is 1. The summed E-state index contributed by atoms with van der Waals surface area (Å²) in [4.78, 5) is 14.1. The lowest BCUT2D eigenvalue weighted by Gasteiger charge is -2.28. The number of benzene rings is 1. The normalized spacial score (nSPS) is 13.0. The van der Waals surface area contributed by atoms with Gasteiger partial charge in [-0.25, -0.2) is 13.2 Å². The molecule has 0 saturated heterocycles. The van der Waals surface area contributed by atoms with Gasteiger partial charge in [0.05, 0.1) is 10.9 Å². The molecule has 1 atom stereocenters. The highest BCUT2D eigenvalue weighted by atomic mass is 32.2. The summed E-state index contributed by atoms with van der Waals surface area (Å²) in [5.41, 5.74) is 0.898. The smallest absolute Gasteiger partial charge is 0.317 e. The molecular weight excluding hydrogens is 300 g/mol. The first-order valence-corrected chi connectivity index (χ1v) is 9.43. The van der Waals surface area contributed by atoms with Crippen LogP contribution in [0.2, 0.25) is 0 Å². The topological polar surface area (TPSA) is 66.5 Å². The lowest BCUT2D eigenvalue weighted by atomic mass is 10.1. The van der Waals surface area contributed by atoms with E-state index in [1.165, 1.54) is 6.26 Å². The zero-order chi connectivity index (χ0) is 16.9. The molecule has 0 radical (unpaired) electrons. The van der Waals surface area contributed by atoms with Crippen molar-refractivity contribution in [2.24, 2.45) is 0 Å². The van der Waals surface area contributed by atoms with Gasteiger partial charge in [-0.05, 0) is 37.5 Å². The van der Waals surface area contributed by atoms with Gasteiger partial charge in [0.15, 0.2) is 9.84 Å². The van der Waals surface area contributed by atoms with E-state index in [2.05, 4.69) is 5.32 Å². The van der Waals surface area contributed by atoms with Crippen LogP contribution in [0.1, 0.15) is 45.2 Å². The third-order valence-corrected chi connectivity index (χ3v) is 5.13. The molecule has 1 aromatic rings. The third kappa shape index (κ3) is 4.73. The lowest BCUT2D eigenvalue weighted by Crippen LogP contribution is -2.43. The minimum atomic E-state index is -3.20. The van der Waals surface area contributed by atoms with Crippen LogP contribution in [0.5, 0.6) is 0 Å². The first-order chi connectivity index (χ1) is 10.2. The third-order valence-electron chi connectivity index (χ3n) is 4.01. The number of hydrogen-bond acceptors (Lipinski definition) is 3. The van der Waals surface area contributed by atoms with Gasteiger partial charge in [-0.1, -0.05) is 26.0 Å². The van der Waals surface area contributed by atoms with Gasteiger partial charge in [0.2, 0.25) is 0 Å². The molecule has 5 nitrogen and oxygen atoms in total. The second-order valence-electron chi connectivity index (χ2n) is 5.59. The Balaban J connectivity index is 2.82. The number of nitrogens with zero attached hydrogens (tertiary/aromatic N) is 1. The molecule has 1 unspecified atom stereocenters. The SMILES string of the molecule is CCC(CC)NC(=O)N(C)C(C)c1ccc(S(C)(=O)=O)cc1. The summed E-state index contributed by atoms with van der Waals surface area (Å²) in [6.07, 6.45) is 2.97. The standard InChI is InChI=1S/C16H26N2O3S/c1-6-14(7-2)17-16(19)18(4)12(3)13-8-10-15(11-9-13)22(5,20)21/h8-12,14H,6-7H2,1-5H3,(H,17,19). The Morgan fingerprint density at radius 1 is 1.18 bits per heavy atom. The van der Waals surface area contributed by atoms with E-state index in [-0.39, 0.29) is 23.0 Å². The summed E-state index contributed by atoms with van der Waals surface area (Å²) in [5, 5.41) is 2.99. The van der Waals surface area contributed by atoms with Crippen molar-refractivity contribution in [3.8, 4) is 0 Å². The van der Waals surface area contributed by atoms with E-state index in [0.29, 0.717) is 0 Å². The van der Waals surface area contributed by atoms with Crippen LogP contribution in [0, 0.1) is 0 Å². The molecular formula is C16H26N2O3S. The summed E-state index contributed by atoms with van der Waals surface area (Å²) in [5.74, 6) is 0. The van der Waals surface area contributed by atoms with E-state index in [1.54, 1.807) is 36.2 Å². The fourth-order valence-corrected chi connectivity index (χ4v) is 2.79. The van der Waals surface area contributed by atoms with Crippen LogP contribution in [0.25, 0.3) is 0 Å². The van der Waals surface area contributed by atoms with Crippen molar-refractivity contribution in [1.29, 1.82) is 0 Å². The summed E-state index contributed by atoms with van der Waals surface area (Å²) >= 11 is 0. The summed E-state index contributed by atoms with van der Waals surface area (Å²) in [6.45, 7) is 6.01. The van der Waals surface area contributed by atoms with Crippen LogP contribution >= 0.6 is 0 Å². The van der Waals surface area contributed by atoms with E-state index in [9.17, 15) is 13.2 Å². The van der Waals surface area contributed by atoms with Crippen molar-refractivity contribution < 1.29 is 13.2 Å². The van der Waals surface area contributed by atoms with Gasteiger partial charge < -0.3 is 10.2 Å². The van der Waals surface area contributed by atoms with Crippen molar-refractivity contribution >= 4 is 15.9 Å². The van der Waals surface area contributed by atoms with Crippen LogP contribution in [0.3, 0.4) is 0 Å². The molecule has 0 fully saturated rings. The summed E-state index contributed by atoms with van der Waals surface area (Å²) in [6, 6.07) is 6.58. The van der Waals surface area contributed by atoms with Crippen molar-refractivity contribution in [1.82, 2.24) is 10.2 Å². The molecule has 22 heavy (non-hydrogen) atoms. The van der Waals surface area contributed by atoms with Crippen LogP contribution in [-0.4, -0.2) is 38.7 Å². The fraction of sp³-hybridized carbons (Fsp3) is 0.562. The first kappa shape index (κ1) is 18.5. The molecule has 0 spiro atoms. The number of carbonyl (C=O) groups excluding carboxylic acids is 1. The number of carbonyl (C=O) groups is 1. The largest absolute Gasteiger partial charge is 0.335 e. The van der Waals surface area contributed by atoms with E-state index in [4.69, 9.17) is 0 Å². The molecule has 1 N–H and O–H groups in total. The first-order valence-electron chi connectivity index (χ1n) is 7.54. The van der Waals surface area contributed by atoms with E-state index >= 15 is 0 Å². The van der Waals surface area contributed by atoms with Crippen LogP contribution in [-0.2, 0) is 9.84 Å². The molecule has 0 heterocycles. The van der Waals surface area contributed by atoms with E-state index in [0.717, 1.165) is 18.4 Å². The molecule has 6 heteroatoms. The average Bonchev–Trinajstić information content (AvgIpc) is 2.50. The molecule has 0 aliphatic rings. The van der Waals surface area contributed by atoms with Gasteiger partial charge in [-0.2, -0.15) is 0 Å². The number of sulfone groups is 1. The van der Waals surface area contributed by atoms with Crippen molar-refractivity contribution in [3.05, 3.63) is 29.8 Å². The predicted octanol–water partition coefficient (Wildman–Crippen LogP) is 2.98. The highest BCUT2D eigenvalue weighted by Gasteiger charge is 2.19. The minimum absolute atomic E-state index is 0.117. The molecule has 0 aliphatic carbocycles. The van der Waals surface area contributed by atoms with E-state index in [1.807, 2.05) is 20.8 Å². The molecule has 1 aromatic carbocycles. The summed E-state index contributed by atoms with van der Waals surface area (Å²) < 4.78 is 22.9. The maximum absolute atomic E-state index is 12.2. The predicted molar refractivity (Wildman–Crippen MR) is 88.6 cm³/mol. The molecule has 1 rings (SSSR count). The number of urea groups is 1. The maximum atomic E-state index is 12.2. The van der Waals surface area contributed by atoms with Crippen LogP contribution in [0.4, 0.5) is 4.79 Å².